The van der Waals surface area contributed by atoms with Crippen LogP contribution in [0.25, 0.3) is 0 Å². The van der Waals surface area contributed by atoms with Gasteiger partial charge in [-0.3, -0.25) is 33.2 Å². The first-order chi connectivity index (χ1) is 16.6. The minimum atomic E-state index is -4.07. The van der Waals surface area contributed by atoms with Crippen LogP contribution >= 0.6 is 7.60 Å². The molecular weight excluding hydrogens is 489 g/mol. The van der Waals surface area contributed by atoms with Gasteiger partial charge in [0, 0.05) is 13.5 Å². The zero-order chi connectivity index (χ0) is 27.6. The minimum Gasteiger partial charge on any atom is -0.438 e. The molecule has 204 valence electrons. The number of carbonyl (C=O) groups is 3. The van der Waals surface area contributed by atoms with E-state index in [-0.39, 0.29) is 13.0 Å². The van der Waals surface area contributed by atoms with Crippen molar-refractivity contribution in [3.8, 4) is 0 Å². The Hall–Kier alpha value is -2.26. The highest BCUT2D eigenvalue weighted by atomic mass is 31.2. The fourth-order valence-electron chi connectivity index (χ4n) is 2.86. The van der Waals surface area contributed by atoms with Gasteiger partial charge in [-0.1, -0.05) is 30.3 Å². The maximum absolute atomic E-state index is 14.0. The molecule has 36 heavy (non-hydrogen) atoms. The predicted molar refractivity (Wildman–Crippen MR) is 133 cm³/mol. The molecule has 0 aromatic heterocycles. The van der Waals surface area contributed by atoms with Gasteiger partial charge >= 0.3 is 19.5 Å². The molecule has 0 heterocycles. The molecule has 0 fully saturated rings. The standard InChI is InChI=1S/C25H40NO9P/c1-19(27)26(30)16-15-21(14-13-20-11-9-8-10-12-20)36(31,34-17-32-22(28)24(2,3)4)35-18-33-23(29)25(5,6)7/h8-12,21,30H,13-18H2,1-7H3. The molecule has 0 radical (unpaired) electrons. The minimum absolute atomic E-state index is 0.0562. The van der Waals surface area contributed by atoms with E-state index >= 15 is 0 Å². The summed E-state index contributed by atoms with van der Waals surface area (Å²) in [5.41, 5.74) is -1.45. The highest BCUT2D eigenvalue weighted by Gasteiger charge is 2.38. The molecule has 0 aliphatic rings. The van der Waals surface area contributed by atoms with Crippen molar-refractivity contribution in [2.75, 3.05) is 20.1 Å². The summed E-state index contributed by atoms with van der Waals surface area (Å²) in [6.07, 6.45) is 0.853. The van der Waals surface area contributed by atoms with Crippen molar-refractivity contribution in [2.45, 2.75) is 73.4 Å². The van der Waals surface area contributed by atoms with E-state index in [1.165, 1.54) is 6.92 Å². The lowest BCUT2D eigenvalue weighted by Crippen LogP contribution is -2.30. The van der Waals surface area contributed by atoms with Crippen molar-refractivity contribution in [3.05, 3.63) is 35.9 Å². The van der Waals surface area contributed by atoms with Crippen LogP contribution in [-0.4, -0.2) is 53.9 Å². The van der Waals surface area contributed by atoms with E-state index in [1.54, 1.807) is 41.5 Å². The first-order valence-corrected chi connectivity index (χ1v) is 13.4. The van der Waals surface area contributed by atoms with Crippen LogP contribution in [0.15, 0.2) is 30.3 Å². The van der Waals surface area contributed by atoms with Crippen LogP contribution in [0, 0.1) is 10.8 Å². The van der Waals surface area contributed by atoms with Gasteiger partial charge in [-0.2, -0.15) is 0 Å². The number of benzene rings is 1. The molecule has 0 saturated carbocycles. The van der Waals surface area contributed by atoms with Gasteiger partial charge in [0.15, 0.2) is 0 Å². The van der Waals surface area contributed by atoms with Crippen molar-refractivity contribution < 1.29 is 42.7 Å². The van der Waals surface area contributed by atoms with Gasteiger partial charge in [-0.05, 0) is 66.4 Å². The molecular formula is C25H40NO9P. The lowest BCUT2D eigenvalue weighted by Gasteiger charge is -2.28. The van der Waals surface area contributed by atoms with E-state index in [2.05, 4.69) is 0 Å². The third-order valence-corrected chi connectivity index (χ3v) is 7.51. The fourth-order valence-corrected chi connectivity index (χ4v) is 4.63. The summed E-state index contributed by atoms with van der Waals surface area (Å²) in [4.78, 5) is 35.8. The molecule has 0 saturated heterocycles. The Kier molecular flexibility index (Phi) is 12.3. The lowest BCUT2D eigenvalue weighted by atomic mass is 9.98. The van der Waals surface area contributed by atoms with E-state index in [0.29, 0.717) is 17.9 Å². The van der Waals surface area contributed by atoms with Crippen LogP contribution in [0.3, 0.4) is 0 Å². The number of hydrogen-bond acceptors (Lipinski definition) is 9. The highest BCUT2D eigenvalue weighted by Crippen LogP contribution is 2.56. The van der Waals surface area contributed by atoms with Crippen LogP contribution in [-0.2, 0) is 43.9 Å². The fraction of sp³-hybridized carbons (Fsp3) is 0.640. The van der Waals surface area contributed by atoms with E-state index in [1.807, 2.05) is 30.3 Å². The van der Waals surface area contributed by atoms with Crippen molar-refractivity contribution in [2.24, 2.45) is 10.8 Å². The first kappa shape index (κ1) is 31.8. The summed E-state index contributed by atoms with van der Waals surface area (Å²) in [5.74, 6) is -1.70. The third-order valence-electron chi connectivity index (χ3n) is 5.16. The normalized spacial score (nSPS) is 13.1. The quantitative estimate of drug-likeness (QED) is 0.124. The van der Waals surface area contributed by atoms with Gasteiger partial charge < -0.3 is 9.47 Å². The summed E-state index contributed by atoms with van der Waals surface area (Å²) in [7, 11) is -4.07. The van der Waals surface area contributed by atoms with E-state index in [4.69, 9.17) is 18.5 Å². The predicted octanol–water partition coefficient (Wildman–Crippen LogP) is 4.94. The molecule has 1 N–H and O–H groups in total. The van der Waals surface area contributed by atoms with Crippen molar-refractivity contribution in [1.82, 2.24) is 5.06 Å². The van der Waals surface area contributed by atoms with Crippen LogP contribution in [0.2, 0.25) is 0 Å². The molecule has 0 aliphatic heterocycles. The molecule has 1 aromatic carbocycles. The number of amides is 1. The molecule has 11 heteroatoms. The number of rotatable bonds is 13. The second kappa shape index (κ2) is 13.9. The van der Waals surface area contributed by atoms with Crippen molar-refractivity contribution in [1.29, 1.82) is 0 Å². The largest absolute Gasteiger partial charge is 0.438 e. The van der Waals surface area contributed by atoms with Gasteiger partial charge in [-0.25, -0.2) is 5.06 Å². The summed E-state index contributed by atoms with van der Waals surface area (Å²) in [6, 6.07) is 9.45. The van der Waals surface area contributed by atoms with Gasteiger partial charge in [0.25, 0.3) is 0 Å². The van der Waals surface area contributed by atoms with Crippen LogP contribution < -0.4 is 0 Å². The Morgan fingerprint density at radius 2 is 1.36 bits per heavy atom. The average Bonchev–Trinajstić information content (AvgIpc) is 2.77. The summed E-state index contributed by atoms with van der Waals surface area (Å²) < 4.78 is 35.3. The monoisotopic (exact) mass is 529 g/mol. The molecule has 0 aliphatic carbocycles. The van der Waals surface area contributed by atoms with Crippen LogP contribution in [0.5, 0.6) is 0 Å². The lowest BCUT2D eigenvalue weighted by molar-refractivity contribution is -0.164. The molecule has 0 spiro atoms. The molecule has 1 rings (SSSR count). The molecule has 0 bridgehead atoms. The molecule has 1 amide bonds. The molecule has 1 atom stereocenters. The number of hydrogen-bond donors (Lipinski definition) is 1. The maximum Gasteiger partial charge on any atom is 0.339 e. The molecule has 1 unspecified atom stereocenters. The van der Waals surface area contributed by atoms with Gasteiger partial charge in [0.2, 0.25) is 19.5 Å². The highest BCUT2D eigenvalue weighted by molar-refractivity contribution is 7.54. The Morgan fingerprint density at radius 3 is 1.78 bits per heavy atom. The van der Waals surface area contributed by atoms with Crippen molar-refractivity contribution >= 4 is 25.4 Å². The molecule has 10 nitrogen and oxygen atoms in total. The van der Waals surface area contributed by atoms with Gasteiger partial charge in [-0.15, -0.1) is 0 Å². The van der Waals surface area contributed by atoms with Gasteiger partial charge in [0.05, 0.1) is 16.5 Å². The number of ether oxygens (including phenoxy) is 2. The Morgan fingerprint density at radius 1 is 0.889 bits per heavy atom. The topological polar surface area (TPSA) is 129 Å². The Labute approximate surface area is 213 Å². The van der Waals surface area contributed by atoms with Crippen molar-refractivity contribution in [3.63, 3.8) is 0 Å². The second-order valence-electron chi connectivity index (χ2n) is 10.5. The van der Waals surface area contributed by atoms with E-state index in [9.17, 15) is 24.2 Å². The molecule has 1 aromatic rings. The number of esters is 2. The van der Waals surface area contributed by atoms with Crippen LogP contribution in [0.4, 0.5) is 0 Å². The zero-order valence-electron chi connectivity index (χ0n) is 22.3. The summed E-state index contributed by atoms with van der Waals surface area (Å²) in [5, 5.41) is 10.4. The number of nitrogens with zero attached hydrogens (tertiary/aromatic N) is 1. The maximum atomic E-state index is 14.0. The zero-order valence-corrected chi connectivity index (χ0v) is 23.2. The van der Waals surface area contributed by atoms with E-state index in [0.717, 1.165) is 5.56 Å². The second-order valence-corrected chi connectivity index (χ2v) is 12.8. The number of hydroxylamine groups is 2. The SMILES string of the molecule is CC(=O)N(O)CCC(CCc1ccccc1)P(=O)(OCOC(=O)C(C)(C)C)OCOC(=O)C(C)(C)C. The third kappa shape index (κ3) is 11.2. The summed E-state index contributed by atoms with van der Waals surface area (Å²) in [6.45, 7) is 9.77. The number of aryl methyl sites for hydroxylation is 1. The number of carbonyl (C=O) groups excluding carboxylic acids is 3. The first-order valence-electron chi connectivity index (χ1n) is 11.8. The van der Waals surface area contributed by atoms with E-state index < -0.39 is 55.5 Å². The Bertz CT molecular complexity index is 870. The Balaban J connectivity index is 3.11. The van der Waals surface area contributed by atoms with Gasteiger partial charge in [0.1, 0.15) is 0 Å². The summed E-state index contributed by atoms with van der Waals surface area (Å²) >= 11 is 0. The average molecular weight is 530 g/mol. The smallest absolute Gasteiger partial charge is 0.339 e. The van der Waals surface area contributed by atoms with Crippen LogP contribution in [0.1, 0.15) is 66.9 Å².